The second-order valence-electron chi connectivity index (χ2n) is 6.35. The molecule has 3 heterocycles. The summed E-state index contributed by atoms with van der Waals surface area (Å²) in [5.74, 6) is 1.20. The molecule has 0 spiro atoms. The second-order valence-corrected chi connectivity index (χ2v) is 6.35. The third-order valence-corrected chi connectivity index (χ3v) is 4.62. The molecule has 1 N–H and O–H groups in total. The number of hydrogen-bond donors (Lipinski definition) is 1. The minimum Gasteiger partial charge on any atom is -0.507 e. The van der Waals surface area contributed by atoms with E-state index in [9.17, 15) is 5.11 Å². The van der Waals surface area contributed by atoms with Crippen molar-refractivity contribution in [2.75, 3.05) is 0 Å². The molecule has 3 aliphatic heterocycles. The Bertz CT molecular complexity index is 1110. The van der Waals surface area contributed by atoms with E-state index >= 15 is 0 Å². The van der Waals surface area contributed by atoms with Crippen molar-refractivity contribution in [3.05, 3.63) is 83.1 Å². The quantitative estimate of drug-likeness (QED) is 0.897. The summed E-state index contributed by atoms with van der Waals surface area (Å²) in [6.45, 7) is 2.06. The maximum absolute atomic E-state index is 10.2. The number of guanidine groups is 2. The number of para-hydroxylation sites is 1. The van der Waals surface area contributed by atoms with E-state index in [1.54, 1.807) is 12.1 Å². The van der Waals surface area contributed by atoms with Crippen LogP contribution in [0.2, 0.25) is 0 Å². The van der Waals surface area contributed by atoms with Crippen molar-refractivity contribution in [3.8, 4) is 5.75 Å². The Balaban J connectivity index is 1.68. The summed E-state index contributed by atoms with van der Waals surface area (Å²) in [5, 5.41) is 10.2. The van der Waals surface area contributed by atoms with Gasteiger partial charge in [0.15, 0.2) is 0 Å². The molecule has 0 amide bonds. The molecule has 5 rings (SSSR count). The van der Waals surface area contributed by atoms with Crippen molar-refractivity contribution < 1.29 is 5.11 Å². The van der Waals surface area contributed by atoms with Crippen LogP contribution in [0.4, 0.5) is 0 Å². The lowest BCUT2D eigenvalue weighted by Crippen LogP contribution is -2.40. The number of aliphatic imine (C=N–C) groups is 4. The van der Waals surface area contributed by atoms with Gasteiger partial charge in [-0.25, -0.2) is 24.9 Å². The Labute approximate surface area is 156 Å². The molecule has 0 unspecified atom stereocenters. The fourth-order valence-corrected chi connectivity index (χ4v) is 3.28. The van der Waals surface area contributed by atoms with Gasteiger partial charge in [0.25, 0.3) is 0 Å². The largest absolute Gasteiger partial charge is 0.507 e. The molecular weight excluding hydrogens is 338 g/mol. The first-order chi connectivity index (χ1) is 13.2. The number of aromatic hydroxyl groups is 1. The zero-order valence-electron chi connectivity index (χ0n) is 14.5. The Morgan fingerprint density at radius 3 is 2.44 bits per heavy atom. The van der Waals surface area contributed by atoms with Crippen LogP contribution >= 0.6 is 0 Å². The van der Waals surface area contributed by atoms with Crippen molar-refractivity contribution >= 4 is 29.7 Å². The molecule has 0 bridgehead atoms. The molecule has 130 valence electrons. The van der Waals surface area contributed by atoms with E-state index in [2.05, 4.69) is 28.0 Å². The van der Waals surface area contributed by atoms with Crippen LogP contribution in [-0.2, 0) is 0 Å². The highest BCUT2D eigenvalue weighted by Gasteiger charge is 2.31. The van der Waals surface area contributed by atoms with Gasteiger partial charge >= 0.3 is 0 Å². The van der Waals surface area contributed by atoms with Gasteiger partial charge in [-0.2, -0.15) is 0 Å². The van der Waals surface area contributed by atoms with Crippen LogP contribution in [-0.4, -0.2) is 34.0 Å². The Kier molecular flexibility index (Phi) is 3.36. The molecular formula is C21H15N5O. The number of allylic oxidation sites excluding steroid dienone is 2. The topological polar surface area (TPSA) is 72.9 Å². The Morgan fingerprint density at radius 2 is 1.63 bits per heavy atom. The zero-order valence-corrected chi connectivity index (χ0v) is 14.5. The normalized spacial score (nSPS) is 17.4. The Morgan fingerprint density at radius 1 is 0.852 bits per heavy atom. The lowest BCUT2D eigenvalue weighted by molar-refractivity contribution is 0.473. The zero-order chi connectivity index (χ0) is 18.4. The number of phenols is 1. The van der Waals surface area contributed by atoms with Gasteiger partial charge in [0, 0.05) is 11.1 Å². The van der Waals surface area contributed by atoms with Gasteiger partial charge in [0.2, 0.25) is 11.9 Å². The molecule has 2 aromatic carbocycles. The van der Waals surface area contributed by atoms with E-state index in [-0.39, 0.29) is 5.75 Å². The molecule has 0 atom stereocenters. The van der Waals surface area contributed by atoms with Crippen molar-refractivity contribution in [1.29, 1.82) is 0 Å². The average Bonchev–Trinajstić information content (AvgIpc) is 2.68. The van der Waals surface area contributed by atoms with E-state index in [0.717, 1.165) is 22.5 Å². The summed E-state index contributed by atoms with van der Waals surface area (Å²) in [4.78, 5) is 19.7. The number of aryl methyl sites for hydroxylation is 1. The van der Waals surface area contributed by atoms with Crippen LogP contribution in [0.15, 0.2) is 86.3 Å². The summed E-state index contributed by atoms with van der Waals surface area (Å²) in [6, 6.07) is 15.2. The molecule has 6 nitrogen and oxygen atoms in total. The first-order valence-corrected chi connectivity index (χ1v) is 8.56. The van der Waals surface area contributed by atoms with Crippen molar-refractivity contribution in [2.24, 2.45) is 20.0 Å². The molecule has 6 heteroatoms. The fraction of sp³-hybridized carbons (Fsp3) is 0.0476. The highest BCUT2D eigenvalue weighted by atomic mass is 16.3. The van der Waals surface area contributed by atoms with E-state index in [1.807, 2.05) is 47.4 Å². The van der Waals surface area contributed by atoms with Crippen LogP contribution in [0.25, 0.3) is 5.70 Å². The number of phenolic OH excluding ortho intramolecular Hbond substituents is 1. The number of rotatable bonds is 2. The van der Waals surface area contributed by atoms with Gasteiger partial charge in [0.05, 0.1) is 17.1 Å². The minimum atomic E-state index is 0.180. The monoisotopic (exact) mass is 353 g/mol. The molecule has 2 aromatic rings. The standard InChI is InChI=1S/C21H15N5O/c1-13-6-2-3-7-15(13)17-10-14-11-18(16-8-4-5-9-19(16)27)25-21-23-12-22-20(24-17)26(14)21/h2-12,27H,1H3. The number of benzene rings is 2. The molecule has 0 fully saturated rings. The summed E-state index contributed by atoms with van der Waals surface area (Å²) in [6.07, 6.45) is 5.37. The summed E-state index contributed by atoms with van der Waals surface area (Å²) in [7, 11) is 0. The fourth-order valence-electron chi connectivity index (χ4n) is 3.28. The molecule has 0 radical (unpaired) electrons. The maximum atomic E-state index is 10.2. The predicted molar refractivity (Wildman–Crippen MR) is 107 cm³/mol. The molecule has 3 aliphatic rings. The number of nitrogens with zero attached hydrogens (tertiary/aromatic N) is 5. The van der Waals surface area contributed by atoms with Crippen LogP contribution < -0.4 is 0 Å². The highest BCUT2D eigenvalue weighted by Crippen LogP contribution is 2.33. The molecule has 0 aliphatic carbocycles. The number of hydrogen-bond acceptors (Lipinski definition) is 6. The van der Waals surface area contributed by atoms with Crippen LogP contribution in [0, 0.1) is 6.92 Å². The van der Waals surface area contributed by atoms with Crippen LogP contribution in [0.1, 0.15) is 16.7 Å². The van der Waals surface area contributed by atoms with Crippen LogP contribution in [0.3, 0.4) is 0 Å². The molecule has 27 heavy (non-hydrogen) atoms. The van der Waals surface area contributed by atoms with Gasteiger partial charge in [-0.15, -0.1) is 0 Å². The Hall–Kier alpha value is -3.80. The summed E-state index contributed by atoms with van der Waals surface area (Å²) < 4.78 is 0. The smallest absolute Gasteiger partial charge is 0.239 e. The molecule has 0 saturated carbocycles. The van der Waals surface area contributed by atoms with E-state index < -0.39 is 0 Å². The maximum Gasteiger partial charge on any atom is 0.239 e. The lowest BCUT2D eigenvalue weighted by atomic mass is 10.0. The van der Waals surface area contributed by atoms with Gasteiger partial charge in [-0.3, -0.25) is 0 Å². The van der Waals surface area contributed by atoms with Crippen LogP contribution in [0.5, 0.6) is 5.75 Å². The van der Waals surface area contributed by atoms with Crippen molar-refractivity contribution in [1.82, 2.24) is 4.90 Å². The molecule has 0 saturated heterocycles. The van der Waals surface area contributed by atoms with E-state index in [4.69, 9.17) is 4.99 Å². The predicted octanol–water partition coefficient (Wildman–Crippen LogP) is 3.50. The van der Waals surface area contributed by atoms with Crippen molar-refractivity contribution in [2.45, 2.75) is 6.92 Å². The van der Waals surface area contributed by atoms with Gasteiger partial charge < -0.3 is 5.11 Å². The highest BCUT2D eigenvalue weighted by molar-refractivity contribution is 6.22. The lowest BCUT2D eigenvalue weighted by Gasteiger charge is -2.31. The third kappa shape index (κ3) is 2.50. The average molecular weight is 353 g/mol. The second kappa shape index (κ2) is 5.88. The SMILES string of the molecule is Cc1ccccc1C1=NC2=NC=NC3=NC(c4ccccc4O)=CC(=C1)N23. The minimum absolute atomic E-state index is 0.180. The summed E-state index contributed by atoms with van der Waals surface area (Å²) >= 11 is 0. The summed E-state index contributed by atoms with van der Waals surface area (Å²) in [5.41, 5.74) is 5.20. The van der Waals surface area contributed by atoms with Gasteiger partial charge in [0.1, 0.15) is 12.1 Å². The van der Waals surface area contributed by atoms with Crippen molar-refractivity contribution in [3.63, 3.8) is 0 Å². The van der Waals surface area contributed by atoms with Gasteiger partial charge in [-0.1, -0.05) is 36.4 Å². The first-order valence-electron chi connectivity index (χ1n) is 8.56. The third-order valence-electron chi connectivity index (χ3n) is 4.62. The molecule has 0 aromatic heterocycles. The van der Waals surface area contributed by atoms with E-state index in [1.165, 1.54) is 6.34 Å². The first kappa shape index (κ1) is 15.5. The van der Waals surface area contributed by atoms with E-state index in [0.29, 0.717) is 23.2 Å². The van der Waals surface area contributed by atoms with Gasteiger partial charge in [-0.05, 0) is 36.8 Å².